The maximum atomic E-state index is 11.2. The molecule has 0 atom stereocenters. The van der Waals surface area contributed by atoms with Crippen LogP contribution in [0.4, 0.5) is 0 Å². The van der Waals surface area contributed by atoms with Gasteiger partial charge in [0.2, 0.25) is 0 Å². The second kappa shape index (κ2) is 7.15. The van der Waals surface area contributed by atoms with Gasteiger partial charge >= 0.3 is 0 Å². The summed E-state index contributed by atoms with van der Waals surface area (Å²) in [6.45, 7) is 0. The number of methoxy groups -OCH3 is 1. The first-order valence-corrected chi connectivity index (χ1v) is 8.77. The van der Waals surface area contributed by atoms with Crippen LogP contribution in [0.1, 0.15) is 17.0 Å². The molecule has 0 aliphatic heterocycles. The van der Waals surface area contributed by atoms with E-state index < -0.39 is 5.97 Å². The normalized spacial score (nSPS) is 11.7. The van der Waals surface area contributed by atoms with Crippen molar-refractivity contribution in [2.45, 2.75) is 6.42 Å². The Hall–Kier alpha value is -2.18. The number of hydrogen-bond donors (Lipinski definition) is 0. The Balaban J connectivity index is 2.12. The summed E-state index contributed by atoms with van der Waals surface area (Å²) in [5, 5.41) is 11.9. The minimum absolute atomic E-state index is 0.213. The van der Waals surface area contributed by atoms with Gasteiger partial charge in [0.1, 0.15) is 10.8 Å². The number of ether oxygens (including phenoxy) is 1. The highest BCUT2D eigenvalue weighted by atomic mass is 79.9. The van der Waals surface area contributed by atoms with Gasteiger partial charge in [-0.2, -0.15) is 0 Å². The van der Waals surface area contributed by atoms with E-state index in [1.807, 2.05) is 42.5 Å². The van der Waals surface area contributed by atoms with Crippen molar-refractivity contribution < 1.29 is 14.6 Å². The lowest BCUT2D eigenvalue weighted by Gasteiger charge is -2.09. The van der Waals surface area contributed by atoms with Gasteiger partial charge in [-0.1, -0.05) is 28.1 Å². The smallest absolute Gasteiger partial charge is 0.126 e. The van der Waals surface area contributed by atoms with Crippen molar-refractivity contribution in [2.75, 3.05) is 7.11 Å². The number of halogens is 1. The Labute approximate surface area is 151 Å². The van der Waals surface area contributed by atoms with Crippen LogP contribution in [-0.2, 0) is 4.79 Å². The van der Waals surface area contributed by atoms with Crippen molar-refractivity contribution in [2.24, 2.45) is 0 Å². The highest BCUT2D eigenvalue weighted by molar-refractivity contribution is 9.10. The van der Waals surface area contributed by atoms with E-state index in [-0.39, 0.29) is 6.42 Å². The molecule has 0 aliphatic rings. The van der Waals surface area contributed by atoms with Crippen LogP contribution in [-0.4, -0.2) is 18.1 Å². The van der Waals surface area contributed by atoms with Crippen molar-refractivity contribution in [3.63, 3.8) is 0 Å². The first-order valence-electron chi connectivity index (χ1n) is 7.16. The van der Waals surface area contributed by atoms with Crippen LogP contribution >= 0.6 is 27.3 Å². The molecule has 24 heavy (non-hydrogen) atoms. The maximum absolute atomic E-state index is 11.2. The number of rotatable bonds is 5. The number of carbonyl (C=O) groups excluding carboxylic acids is 1. The summed E-state index contributed by atoms with van der Waals surface area (Å²) >= 11 is 4.89. The first kappa shape index (κ1) is 16.7. The van der Waals surface area contributed by atoms with Crippen LogP contribution in [0.25, 0.3) is 21.9 Å². The van der Waals surface area contributed by atoms with E-state index in [0.29, 0.717) is 16.3 Å². The van der Waals surface area contributed by atoms with E-state index in [2.05, 4.69) is 20.9 Å². The van der Waals surface area contributed by atoms with Crippen molar-refractivity contribution in [3.8, 4) is 5.75 Å². The van der Waals surface area contributed by atoms with E-state index in [0.717, 1.165) is 20.3 Å². The zero-order valence-corrected chi connectivity index (χ0v) is 15.2. The molecule has 0 saturated carbocycles. The molecule has 0 aliphatic carbocycles. The van der Waals surface area contributed by atoms with Gasteiger partial charge in [-0.15, -0.1) is 11.3 Å². The van der Waals surface area contributed by atoms with Gasteiger partial charge in [-0.05, 0) is 42.0 Å². The second-order valence-electron chi connectivity index (χ2n) is 5.09. The molecule has 0 amide bonds. The molecule has 4 nitrogen and oxygen atoms in total. The predicted octanol–water partition coefficient (Wildman–Crippen LogP) is 3.75. The number of aliphatic carboxylic acids is 1. The number of fused-ring (bicyclic) bond motifs is 1. The fourth-order valence-electron chi connectivity index (χ4n) is 2.36. The van der Waals surface area contributed by atoms with Gasteiger partial charge in [-0.3, -0.25) is 0 Å². The van der Waals surface area contributed by atoms with Gasteiger partial charge in [0.05, 0.1) is 17.3 Å². The lowest BCUT2D eigenvalue weighted by molar-refractivity contribution is -0.304. The summed E-state index contributed by atoms with van der Waals surface area (Å²) in [7, 11) is 1.58. The van der Waals surface area contributed by atoms with Gasteiger partial charge in [0.15, 0.2) is 0 Å². The topological polar surface area (TPSA) is 62.2 Å². The number of carboxylic acid groups (broad SMARTS) is 1. The van der Waals surface area contributed by atoms with E-state index in [9.17, 15) is 9.90 Å². The number of carbonyl (C=O) groups is 1. The number of nitrogens with zero attached hydrogens (tertiary/aromatic N) is 1. The van der Waals surface area contributed by atoms with Crippen LogP contribution in [0.2, 0.25) is 0 Å². The van der Waals surface area contributed by atoms with Crippen LogP contribution in [0.15, 0.2) is 46.9 Å². The van der Waals surface area contributed by atoms with Crippen LogP contribution < -0.4 is 9.84 Å². The Morgan fingerprint density at radius 3 is 2.83 bits per heavy atom. The predicted molar refractivity (Wildman–Crippen MR) is 97.8 cm³/mol. The highest BCUT2D eigenvalue weighted by Crippen LogP contribution is 2.32. The van der Waals surface area contributed by atoms with Gasteiger partial charge in [-0.25, -0.2) is 4.98 Å². The van der Waals surface area contributed by atoms with Crippen molar-refractivity contribution in [1.82, 2.24) is 4.98 Å². The first-order chi connectivity index (χ1) is 11.6. The van der Waals surface area contributed by atoms with Crippen LogP contribution in [0.5, 0.6) is 5.75 Å². The number of para-hydroxylation sites is 1. The summed E-state index contributed by atoms with van der Waals surface area (Å²) in [4.78, 5) is 15.7. The molecule has 0 bridgehead atoms. The average Bonchev–Trinajstić information content (AvgIpc) is 2.98. The molecule has 2 aromatic carbocycles. The number of aromatic nitrogens is 1. The zero-order chi connectivity index (χ0) is 17.1. The quantitative estimate of drug-likeness (QED) is 0.651. The maximum Gasteiger partial charge on any atom is 0.126 e. The molecule has 1 aromatic heterocycles. The average molecular weight is 403 g/mol. The Bertz CT molecular complexity index is 900. The number of hydrogen-bond acceptors (Lipinski definition) is 5. The number of benzene rings is 2. The third-order valence-electron chi connectivity index (χ3n) is 3.42. The van der Waals surface area contributed by atoms with Gasteiger partial charge in [0.25, 0.3) is 0 Å². The van der Waals surface area contributed by atoms with Crippen LogP contribution in [0, 0.1) is 0 Å². The number of carboxylic acids is 1. The lowest BCUT2D eigenvalue weighted by atomic mass is 10.1. The molecule has 1 heterocycles. The monoisotopic (exact) mass is 402 g/mol. The number of thiazole rings is 1. The molecular weight excluding hydrogens is 390 g/mol. The minimum atomic E-state index is -1.14. The third kappa shape index (κ3) is 3.66. The van der Waals surface area contributed by atoms with Crippen LogP contribution in [0.3, 0.4) is 0 Å². The van der Waals surface area contributed by atoms with E-state index in [1.54, 1.807) is 13.2 Å². The second-order valence-corrected chi connectivity index (χ2v) is 7.04. The SMILES string of the molecule is COc1ccc(Br)cc1/C=C(\CC(=O)[O-])c1nc2ccccc2s1. The fourth-order valence-corrected chi connectivity index (χ4v) is 3.72. The molecule has 0 N–H and O–H groups in total. The molecule has 3 aromatic rings. The van der Waals surface area contributed by atoms with Gasteiger partial charge < -0.3 is 14.6 Å². The highest BCUT2D eigenvalue weighted by Gasteiger charge is 2.11. The Kier molecular flexibility index (Phi) is 4.97. The molecule has 0 radical (unpaired) electrons. The Morgan fingerprint density at radius 2 is 2.12 bits per heavy atom. The zero-order valence-electron chi connectivity index (χ0n) is 12.8. The molecule has 0 saturated heterocycles. The largest absolute Gasteiger partial charge is 0.550 e. The molecule has 122 valence electrons. The lowest BCUT2D eigenvalue weighted by Crippen LogP contribution is -2.22. The minimum Gasteiger partial charge on any atom is -0.550 e. The summed E-state index contributed by atoms with van der Waals surface area (Å²) in [5.74, 6) is -0.482. The third-order valence-corrected chi connectivity index (χ3v) is 5.03. The van der Waals surface area contributed by atoms with E-state index in [4.69, 9.17) is 4.74 Å². The molecule has 0 fully saturated rings. The molecule has 6 heteroatoms. The summed E-state index contributed by atoms with van der Waals surface area (Å²) in [5.41, 5.74) is 2.22. The Morgan fingerprint density at radius 1 is 1.33 bits per heavy atom. The molecular formula is C18H13BrNO3S-. The van der Waals surface area contributed by atoms with Crippen molar-refractivity contribution >= 4 is 55.1 Å². The summed E-state index contributed by atoms with van der Waals surface area (Å²) in [6.07, 6.45) is 1.58. The standard InChI is InChI=1S/C18H14BrNO3S/c1-23-15-7-6-13(19)9-11(15)8-12(10-17(21)22)18-20-14-4-2-3-5-16(14)24-18/h2-9H,10H2,1H3,(H,21,22)/p-1/b12-8+. The van der Waals surface area contributed by atoms with Crippen molar-refractivity contribution in [1.29, 1.82) is 0 Å². The van der Waals surface area contributed by atoms with Crippen molar-refractivity contribution in [3.05, 3.63) is 57.5 Å². The molecule has 0 spiro atoms. The summed E-state index contributed by atoms with van der Waals surface area (Å²) in [6, 6.07) is 13.3. The molecule has 0 unspecified atom stereocenters. The van der Waals surface area contributed by atoms with E-state index >= 15 is 0 Å². The molecule has 3 rings (SSSR count). The fraction of sp³-hybridized carbons (Fsp3) is 0.111. The van der Waals surface area contributed by atoms with E-state index in [1.165, 1.54) is 11.3 Å². The van der Waals surface area contributed by atoms with Gasteiger partial charge in [0, 0.05) is 22.4 Å². The summed E-state index contributed by atoms with van der Waals surface area (Å²) < 4.78 is 7.25.